The Kier molecular flexibility index (Phi) is 8.20. The zero-order valence-corrected chi connectivity index (χ0v) is 13.3. The summed E-state index contributed by atoms with van der Waals surface area (Å²) in [4.78, 5) is 34.5. The summed E-state index contributed by atoms with van der Waals surface area (Å²) < 4.78 is 17.6. The lowest BCUT2D eigenvalue weighted by atomic mass is 10.1. The van der Waals surface area contributed by atoms with Crippen LogP contribution in [0.15, 0.2) is 24.3 Å². The van der Waals surface area contributed by atoms with E-state index in [1.807, 2.05) is 6.92 Å². The highest BCUT2D eigenvalue weighted by molar-refractivity contribution is 5.84. The van der Waals surface area contributed by atoms with Crippen LogP contribution in [-0.4, -0.2) is 30.7 Å². The summed E-state index contributed by atoms with van der Waals surface area (Å²) in [6, 6.07) is 5.39. The first-order chi connectivity index (χ1) is 11.4. The molecule has 0 fully saturated rings. The van der Waals surface area contributed by atoms with Crippen LogP contribution in [0.5, 0.6) is 0 Å². The van der Waals surface area contributed by atoms with E-state index in [0.717, 1.165) is 6.42 Å². The fourth-order valence-electron chi connectivity index (χ4n) is 1.63. The van der Waals surface area contributed by atoms with Gasteiger partial charge in [-0.3, -0.25) is 20.3 Å². The Morgan fingerprint density at radius 2 is 1.92 bits per heavy atom. The van der Waals surface area contributed by atoms with Gasteiger partial charge in [-0.05, 0) is 24.1 Å². The Balaban J connectivity index is 2.42. The van der Waals surface area contributed by atoms with Crippen LogP contribution in [0.3, 0.4) is 0 Å². The molecule has 0 aliphatic rings. The van der Waals surface area contributed by atoms with Crippen LogP contribution in [0, 0.1) is 5.82 Å². The maximum Gasteiger partial charge on any atom is 0.408 e. The SMILES string of the molecule is CCCCOC(=O)NC(NNC(=O)Cc1ccc(F)cc1)C(N)=O. The van der Waals surface area contributed by atoms with Gasteiger partial charge in [0, 0.05) is 0 Å². The van der Waals surface area contributed by atoms with Crippen molar-refractivity contribution in [3.05, 3.63) is 35.6 Å². The molecule has 5 N–H and O–H groups in total. The number of rotatable bonds is 9. The molecule has 0 aliphatic carbocycles. The zero-order chi connectivity index (χ0) is 17.9. The van der Waals surface area contributed by atoms with E-state index in [9.17, 15) is 18.8 Å². The van der Waals surface area contributed by atoms with E-state index in [0.29, 0.717) is 12.0 Å². The first kappa shape index (κ1) is 19.4. The van der Waals surface area contributed by atoms with Crippen molar-refractivity contribution in [2.45, 2.75) is 32.4 Å². The van der Waals surface area contributed by atoms with Crippen LogP contribution in [0.4, 0.5) is 9.18 Å². The summed E-state index contributed by atoms with van der Waals surface area (Å²) in [6.07, 6.45) is -0.649. The van der Waals surface area contributed by atoms with Gasteiger partial charge in [0.15, 0.2) is 6.17 Å². The van der Waals surface area contributed by atoms with Gasteiger partial charge in [0.1, 0.15) is 5.82 Å². The van der Waals surface area contributed by atoms with E-state index < -0.39 is 29.9 Å². The first-order valence-corrected chi connectivity index (χ1v) is 7.43. The van der Waals surface area contributed by atoms with E-state index in [1.165, 1.54) is 24.3 Å². The Bertz CT molecular complexity index is 565. The summed E-state index contributed by atoms with van der Waals surface area (Å²) in [7, 11) is 0. The van der Waals surface area contributed by atoms with Gasteiger partial charge in [-0.15, -0.1) is 0 Å². The number of carbonyl (C=O) groups excluding carboxylic acids is 3. The molecule has 0 aromatic heterocycles. The maximum absolute atomic E-state index is 12.8. The van der Waals surface area contributed by atoms with E-state index in [2.05, 4.69) is 16.2 Å². The first-order valence-electron chi connectivity index (χ1n) is 7.43. The molecule has 1 rings (SSSR count). The van der Waals surface area contributed by atoms with Crippen LogP contribution in [0.1, 0.15) is 25.3 Å². The molecule has 0 radical (unpaired) electrons. The van der Waals surface area contributed by atoms with Crippen molar-refractivity contribution in [3.8, 4) is 0 Å². The minimum absolute atomic E-state index is 0.0420. The van der Waals surface area contributed by atoms with E-state index in [-0.39, 0.29) is 13.0 Å². The van der Waals surface area contributed by atoms with Crippen molar-refractivity contribution >= 4 is 17.9 Å². The topological polar surface area (TPSA) is 123 Å². The molecule has 8 nitrogen and oxygen atoms in total. The van der Waals surface area contributed by atoms with Crippen molar-refractivity contribution in [3.63, 3.8) is 0 Å². The van der Waals surface area contributed by atoms with Crippen molar-refractivity contribution in [2.24, 2.45) is 5.73 Å². The van der Waals surface area contributed by atoms with Crippen LogP contribution in [-0.2, 0) is 20.7 Å². The number of hydrogen-bond acceptors (Lipinski definition) is 5. The summed E-state index contributed by atoms with van der Waals surface area (Å²) in [5.41, 5.74) is 10.3. The van der Waals surface area contributed by atoms with E-state index in [1.54, 1.807) is 0 Å². The molecule has 24 heavy (non-hydrogen) atoms. The number of amides is 3. The quantitative estimate of drug-likeness (QED) is 0.293. The summed E-state index contributed by atoms with van der Waals surface area (Å²) in [6.45, 7) is 2.15. The number of ether oxygens (including phenoxy) is 1. The lowest BCUT2D eigenvalue weighted by molar-refractivity contribution is -0.124. The number of primary amides is 1. The Hall–Kier alpha value is -2.68. The van der Waals surface area contributed by atoms with Gasteiger partial charge >= 0.3 is 6.09 Å². The maximum atomic E-state index is 12.8. The van der Waals surface area contributed by atoms with Crippen LogP contribution in [0.25, 0.3) is 0 Å². The predicted octanol–water partition coefficient (Wildman–Crippen LogP) is 0.327. The molecule has 3 amide bonds. The van der Waals surface area contributed by atoms with Crippen molar-refractivity contribution in [1.29, 1.82) is 0 Å². The summed E-state index contributed by atoms with van der Waals surface area (Å²) >= 11 is 0. The number of nitrogens with two attached hydrogens (primary N) is 1. The summed E-state index contributed by atoms with van der Waals surface area (Å²) in [5.74, 6) is -1.80. The average Bonchev–Trinajstić information content (AvgIpc) is 2.53. The second-order valence-corrected chi connectivity index (χ2v) is 4.96. The molecular weight excluding hydrogens is 319 g/mol. The van der Waals surface area contributed by atoms with Gasteiger partial charge in [0.25, 0.3) is 5.91 Å². The van der Waals surface area contributed by atoms with Gasteiger partial charge in [-0.25, -0.2) is 14.6 Å². The van der Waals surface area contributed by atoms with Crippen molar-refractivity contribution < 1.29 is 23.5 Å². The molecule has 0 heterocycles. The molecule has 1 unspecified atom stereocenters. The molecule has 0 saturated carbocycles. The number of halogens is 1. The van der Waals surface area contributed by atoms with Gasteiger partial charge in [0.2, 0.25) is 5.91 Å². The molecule has 1 aromatic carbocycles. The molecule has 0 saturated heterocycles. The lowest BCUT2D eigenvalue weighted by Gasteiger charge is -2.17. The van der Waals surface area contributed by atoms with Gasteiger partial charge in [0.05, 0.1) is 13.0 Å². The highest BCUT2D eigenvalue weighted by atomic mass is 19.1. The largest absolute Gasteiger partial charge is 0.450 e. The molecule has 0 spiro atoms. The number of hydrazine groups is 1. The number of unbranched alkanes of at least 4 members (excludes halogenated alkanes) is 1. The number of nitrogens with one attached hydrogen (secondary N) is 3. The molecule has 1 atom stereocenters. The molecule has 9 heteroatoms. The van der Waals surface area contributed by atoms with Crippen molar-refractivity contribution in [1.82, 2.24) is 16.2 Å². The predicted molar refractivity (Wildman–Crippen MR) is 83.8 cm³/mol. The molecular formula is C15H21FN4O4. The van der Waals surface area contributed by atoms with Crippen LogP contribution >= 0.6 is 0 Å². The average molecular weight is 340 g/mol. The second-order valence-electron chi connectivity index (χ2n) is 4.96. The van der Waals surface area contributed by atoms with Gasteiger partial charge in [-0.1, -0.05) is 25.5 Å². The third-order valence-electron chi connectivity index (χ3n) is 2.91. The Morgan fingerprint density at radius 1 is 1.25 bits per heavy atom. The zero-order valence-electron chi connectivity index (χ0n) is 13.3. The Labute approximate surface area is 138 Å². The third kappa shape index (κ3) is 7.54. The fraction of sp³-hybridized carbons (Fsp3) is 0.400. The standard InChI is InChI=1S/C15H21FN4O4/c1-2-3-8-24-15(23)18-14(13(17)22)20-19-12(21)9-10-4-6-11(16)7-5-10/h4-7,14,20H,2-3,8-9H2,1H3,(H2,17,22)(H,18,23)(H,19,21). The number of benzene rings is 1. The van der Waals surface area contributed by atoms with Gasteiger partial charge in [-0.2, -0.15) is 0 Å². The molecule has 0 bridgehead atoms. The summed E-state index contributed by atoms with van der Waals surface area (Å²) in [5, 5.41) is 2.19. The highest BCUT2D eigenvalue weighted by Crippen LogP contribution is 2.03. The monoisotopic (exact) mass is 340 g/mol. The van der Waals surface area contributed by atoms with E-state index >= 15 is 0 Å². The molecule has 0 aliphatic heterocycles. The second kappa shape index (κ2) is 10.2. The fourth-order valence-corrected chi connectivity index (χ4v) is 1.63. The minimum atomic E-state index is -1.32. The highest BCUT2D eigenvalue weighted by Gasteiger charge is 2.19. The molecule has 1 aromatic rings. The van der Waals surface area contributed by atoms with Gasteiger partial charge < -0.3 is 10.5 Å². The number of alkyl carbamates (subject to hydrolysis) is 1. The number of carbonyl (C=O) groups is 3. The van der Waals surface area contributed by atoms with Crippen LogP contribution < -0.4 is 21.9 Å². The minimum Gasteiger partial charge on any atom is -0.450 e. The normalized spacial score (nSPS) is 11.4. The van der Waals surface area contributed by atoms with Crippen LogP contribution in [0.2, 0.25) is 0 Å². The lowest BCUT2D eigenvalue weighted by Crippen LogP contribution is -2.59. The molecule has 132 valence electrons. The number of hydrogen-bond donors (Lipinski definition) is 4. The van der Waals surface area contributed by atoms with Crippen molar-refractivity contribution in [2.75, 3.05) is 6.61 Å². The van der Waals surface area contributed by atoms with E-state index in [4.69, 9.17) is 10.5 Å². The smallest absolute Gasteiger partial charge is 0.408 e. The Morgan fingerprint density at radius 3 is 2.50 bits per heavy atom. The third-order valence-corrected chi connectivity index (χ3v) is 2.91.